The number of fused-ring (bicyclic) bond motifs is 1. The van der Waals surface area contributed by atoms with E-state index in [9.17, 15) is 13.6 Å². The Morgan fingerprint density at radius 3 is 2.21 bits per heavy atom. The number of carbonyl (C=O) groups is 1. The van der Waals surface area contributed by atoms with Crippen LogP contribution in [0, 0.1) is 11.6 Å². The third-order valence-corrected chi connectivity index (χ3v) is 6.30. The summed E-state index contributed by atoms with van der Waals surface area (Å²) in [6.45, 7) is 3.85. The van der Waals surface area contributed by atoms with Gasteiger partial charge in [-0.2, -0.15) is 0 Å². The minimum absolute atomic E-state index is 0.0148. The van der Waals surface area contributed by atoms with Crippen molar-refractivity contribution >= 4 is 22.5 Å². The van der Waals surface area contributed by atoms with Crippen molar-refractivity contribution in [2.45, 2.75) is 19.4 Å². The topological polar surface area (TPSA) is 49.3 Å². The van der Waals surface area contributed by atoms with E-state index in [1.165, 1.54) is 24.3 Å². The minimum Gasteiger partial charge on any atom is -0.351 e. The number of benzene rings is 3. The summed E-state index contributed by atoms with van der Waals surface area (Å²) < 4.78 is 26.6. The van der Waals surface area contributed by atoms with Crippen molar-refractivity contribution in [2.75, 3.05) is 24.5 Å². The lowest BCUT2D eigenvalue weighted by atomic mass is 10.0. The fourth-order valence-electron chi connectivity index (χ4n) is 4.54. The van der Waals surface area contributed by atoms with Gasteiger partial charge in [-0.15, -0.1) is 10.2 Å². The van der Waals surface area contributed by atoms with Crippen molar-refractivity contribution in [3.05, 3.63) is 90.0 Å². The number of carbonyl (C=O) groups excluding carboxylic acids is 1. The van der Waals surface area contributed by atoms with Crippen LogP contribution in [0.15, 0.2) is 72.8 Å². The van der Waals surface area contributed by atoms with Crippen LogP contribution in [0.4, 0.5) is 14.6 Å². The van der Waals surface area contributed by atoms with Crippen LogP contribution < -0.4 is 4.90 Å². The molecular formula is C27H24F2N4O. The van der Waals surface area contributed by atoms with Gasteiger partial charge >= 0.3 is 0 Å². The number of aromatic nitrogens is 2. The lowest BCUT2D eigenvalue weighted by Gasteiger charge is -2.40. The molecule has 1 atom stereocenters. The maximum atomic E-state index is 13.4. The Labute approximate surface area is 196 Å². The largest absolute Gasteiger partial charge is 0.351 e. The van der Waals surface area contributed by atoms with Crippen LogP contribution in [0.2, 0.25) is 0 Å². The molecule has 3 aromatic carbocycles. The number of rotatable bonds is 4. The summed E-state index contributed by atoms with van der Waals surface area (Å²) in [6.07, 6.45) is 0.250. The second kappa shape index (κ2) is 9.17. The summed E-state index contributed by atoms with van der Waals surface area (Å²) in [6, 6.07) is 20.2. The van der Waals surface area contributed by atoms with Gasteiger partial charge in [0, 0.05) is 42.0 Å². The average molecular weight is 459 g/mol. The molecule has 5 rings (SSSR count). The first-order valence-electron chi connectivity index (χ1n) is 11.3. The SMILES string of the molecule is C[C@@H]1CN(c2nnc(-c3ccc(F)cc3)c3ccccc23)CCN1C(=O)Cc1ccc(F)cc1. The van der Waals surface area contributed by atoms with E-state index >= 15 is 0 Å². The third-order valence-electron chi connectivity index (χ3n) is 6.30. The van der Waals surface area contributed by atoms with Crippen LogP contribution in [-0.4, -0.2) is 46.7 Å². The van der Waals surface area contributed by atoms with Crippen LogP contribution >= 0.6 is 0 Å². The first kappa shape index (κ1) is 21.9. The number of anilines is 1. The van der Waals surface area contributed by atoms with Crippen molar-refractivity contribution in [2.24, 2.45) is 0 Å². The summed E-state index contributed by atoms with van der Waals surface area (Å²) in [5.74, 6) is 0.204. The summed E-state index contributed by atoms with van der Waals surface area (Å²) >= 11 is 0. The number of hydrogen-bond donors (Lipinski definition) is 0. The number of halogens is 2. The Bertz CT molecular complexity index is 1330. The summed E-state index contributed by atoms with van der Waals surface area (Å²) in [5.41, 5.74) is 2.32. The Morgan fingerprint density at radius 2 is 1.53 bits per heavy atom. The summed E-state index contributed by atoms with van der Waals surface area (Å²) in [7, 11) is 0. The van der Waals surface area contributed by atoms with Crippen LogP contribution in [0.25, 0.3) is 22.0 Å². The highest BCUT2D eigenvalue weighted by atomic mass is 19.1. The zero-order valence-electron chi connectivity index (χ0n) is 18.8. The Kier molecular flexibility index (Phi) is 5.92. The molecule has 1 amide bonds. The lowest BCUT2D eigenvalue weighted by molar-refractivity contribution is -0.132. The van der Waals surface area contributed by atoms with Crippen molar-refractivity contribution in [3.63, 3.8) is 0 Å². The molecule has 4 aromatic rings. The second-order valence-electron chi connectivity index (χ2n) is 8.61. The monoisotopic (exact) mass is 458 g/mol. The number of nitrogens with zero attached hydrogens (tertiary/aromatic N) is 4. The molecular weight excluding hydrogens is 434 g/mol. The molecule has 1 aliphatic heterocycles. The molecule has 0 spiro atoms. The van der Waals surface area contributed by atoms with Gasteiger partial charge in [-0.1, -0.05) is 36.4 Å². The molecule has 1 aliphatic rings. The molecule has 0 radical (unpaired) electrons. The van der Waals surface area contributed by atoms with Gasteiger partial charge in [0.15, 0.2) is 5.82 Å². The molecule has 34 heavy (non-hydrogen) atoms. The van der Waals surface area contributed by atoms with Crippen LogP contribution in [0.3, 0.4) is 0 Å². The predicted molar refractivity (Wildman–Crippen MR) is 128 cm³/mol. The first-order chi connectivity index (χ1) is 16.5. The van der Waals surface area contributed by atoms with Gasteiger partial charge in [-0.3, -0.25) is 4.79 Å². The highest BCUT2D eigenvalue weighted by Crippen LogP contribution is 2.32. The van der Waals surface area contributed by atoms with Crippen molar-refractivity contribution < 1.29 is 13.6 Å². The molecule has 0 N–H and O–H groups in total. The normalized spacial score (nSPS) is 16.1. The Morgan fingerprint density at radius 1 is 0.882 bits per heavy atom. The first-order valence-corrected chi connectivity index (χ1v) is 11.3. The fraction of sp³-hybridized carbons (Fsp3) is 0.222. The lowest BCUT2D eigenvalue weighted by Crippen LogP contribution is -2.54. The van der Waals surface area contributed by atoms with E-state index in [0.717, 1.165) is 27.7 Å². The average Bonchev–Trinajstić information content (AvgIpc) is 2.85. The maximum Gasteiger partial charge on any atom is 0.227 e. The van der Waals surface area contributed by atoms with E-state index < -0.39 is 0 Å². The predicted octanol–water partition coefficient (Wildman–Crippen LogP) is 4.85. The van der Waals surface area contributed by atoms with Gasteiger partial charge < -0.3 is 9.80 Å². The smallest absolute Gasteiger partial charge is 0.227 e. The van der Waals surface area contributed by atoms with Gasteiger partial charge in [-0.05, 0) is 48.9 Å². The van der Waals surface area contributed by atoms with Gasteiger partial charge in [0.1, 0.15) is 17.3 Å². The number of amides is 1. The fourth-order valence-corrected chi connectivity index (χ4v) is 4.54. The van der Waals surface area contributed by atoms with Crippen LogP contribution in [-0.2, 0) is 11.2 Å². The van der Waals surface area contributed by atoms with Crippen molar-refractivity contribution in [3.8, 4) is 11.3 Å². The Hall–Kier alpha value is -3.87. The standard InChI is InChI=1S/C27H24F2N4O/c1-18-17-32(14-15-33(18)25(34)16-19-6-10-21(28)11-7-19)27-24-5-3-2-4-23(24)26(30-31-27)20-8-12-22(29)13-9-20/h2-13,18H,14-17H2,1H3/t18-/m1/s1. The Balaban J connectivity index is 1.37. The molecule has 1 aromatic heterocycles. The van der Waals surface area contributed by atoms with E-state index in [-0.39, 0.29) is 30.0 Å². The third kappa shape index (κ3) is 4.33. The number of piperazine rings is 1. The number of hydrogen-bond acceptors (Lipinski definition) is 4. The highest BCUT2D eigenvalue weighted by molar-refractivity contribution is 6.00. The van der Waals surface area contributed by atoms with Gasteiger partial charge in [0.2, 0.25) is 5.91 Å². The van der Waals surface area contributed by atoms with Gasteiger partial charge in [-0.25, -0.2) is 8.78 Å². The summed E-state index contributed by atoms with van der Waals surface area (Å²) in [4.78, 5) is 16.9. The second-order valence-corrected chi connectivity index (χ2v) is 8.61. The maximum absolute atomic E-state index is 13.4. The van der Waals surface area contributed by atoms with E-state index in [4.69, 9.17) is 0 Å². The van der Waals surface area contributed by atoms with Crippen molar-refractivity contribution in [1.82, 2.24) is 15.1 Å². The quantitative estimate of drug-likeness (QED) is 0.439. The van der Waals surface area contributed by atoms with Gasteiger partial charge in [0.05, 0.1) is 6.42 Å². The zero-order chi connectivity index (χ0) is 23.7. The molecule has 1 saturated heterocycles. The molecule has 7 heteroatoms. The highest BCUT2D eigenvalue weighted by Gasteiger charge is 2.29. The molecule has 0 bridgehead atoms. The molecule has 172 valence electrons. The molecule has 0 unspecified atom stereocenters. The van der Waals surface area contributed by atoms with E-state index in [0.29, 0.717) is 25.3 Å². The molecule has 2 heterocycles. The van der Waals surface area contributed by atoms with Crippen LogP contribution in [0.5, 0.6) is 0 Å². The van der Waals surface area contributed by atoms with E-state index in [1.54, 1.807) is 24.3 Å². The molecule has 0 saturated carbocycles. The summed E-state index contributed by atoms with van der Waals surface area (Å²) in [5, 5.41) is 11.0. The van der Waals surface area contributed by atoms with Crippen LogP contribution in [0.1, 0.15) is 12.5 Å². The molecule has 0 aliphatic carbocycles. The van der Waals surface area contributed by atoms with Crippen molar-refractivity contribution in [1.29, 1.82) is 0 Å². The molecule has 5 nitrogen and oxygen atoms in total. The van der Waals surface area contributed by atoms with Gasteiger partial charge in [0.25, 0.3) is 0 Å². The molecule has 1 fully saturated rings. The zero-order valence-corrected chi connectivity index (χ0v) is 18.8. The van der Waals surface area contributed by atoms with E-state index in [1.807, 2.05) is 36.1 Å². The minimum atomic E-state index is -0.308. The van der Waals surface area contributed by atoms with E-state index in [2.05, 4.69) is 15.1 Å².